The van der Waals surface area contributed by atoms with E-state index in [1.54, 1.807) is 19.2 Å². The molecule has 1 atom stereocenters. The van der Waals surface area contributed by atoms with Crippen molar-refractivity contribution >= 4 is 37.8 Å². The summed E-state index contributed by atoms with van der Waals surface area (Å²) >= 11 is 3.28. The van der Waals surface area contributed by atoms with Crippen LogP contribution in [0.4, 0.5) is 0 Å². The zero-order valence-electron chi connectivity index (χ0n) is 17.4. The van der Waals surface area contributed by atoms with Gasteiger partial charge in [0.1, 0.15) is 12.0 Å². The van der Waals surface area contributed by atoms with Gasteiger partial charge in [-0.3, -0.25) is 9.59 Å². The van der Waals surface area contributed by atoms with E-state index in [9.17, 15) is 18.0 Å². The van der Waals surface area contributed by atoms with Gasteiger partial charge in [-0.25, -0.2) is 8.42 Å². The van der Waals surface area contributed by atoms with Crippen molar-refractivity contribution in [2.75, 3.05) is 33.4 Å². The highest BCUT2D eigenvalue weighted by molar-refractivity contribution is 9.10. The third kappa shape index (κ3) is 5.85. The van der Waals surface area contributed by atoms with Crippen LogP contribution in [0.1, 0.15) is 5.56 Å². The van der Waals surface area contributed by atoms with Crippen molar-refractivity contribution in [2.24, 2.45) is 0 Å². The minimum absolute atomic E-state index is 0.122. The first-order valence-electron chi connectivity index (χ1n) is 9.90. The number of carbonyl (C=O) groups excluding carboxylic acids is 2. The molecule has 32 heavy (non-hydrogen) atoms. The Morgan fingerprint density at radius 1 is 1.12 bits per heavy atom. The van der Waals surface area contributed by atoms with E-state index in [1.165, 1.54) is 16.4 Å². The van der Waals surface area contributed by atoms with Gasteiger partial charge in [0.2, 0.25) is 10.0 Å². The van der Waals surface area contributed by atoms with Gasteiger partial charge in [0, 0.05) is 17.6 Å². The van der Waals surface area contributed by atoms with Gasteiger partial charge in [-0.05, 0) is 42.3 Å². The van der Waals surface area contributed by atoms with Crippen LogP contribution in [-0.4, -0.2) is 64.1 Å². The average Bonchev–Trinajstić information content (AvgIpc) is 3.27. The molecule has 9 nitrogen and oxygen atoms in total. The summed E-state index contributed by atoms with van der Waals surface area (Å²) in [5.41, 5.74) is 0.906. The van der Waals surface area contributed by atoms with E-state index in [0.29, 0.717) is 12.2 Å². The number of nitrogens with zero attached hydrogens (tertiary/aromatic N) is 1. The van der Waals surface area contributed by atoms with Crippen LogP contribution in [0.2, 0.25) is 0 Å². The minimum atomic E-state index is -3.80. The third-order valence-electron chi connectivity index (χ3n) is 4.88. The summed E-state index contributed by atoms with van der Waals surface area (Å²) in [6.07, 6.45) is -0.400. The van der Waals surface area contributed by atoms with Crippen LogP contribution in [0.15, 0.2) is 57.9 Å². The van der Waals surface area contributed by atoms with Crippen LogP contribution in [0.3, 0.4) is 0 Å². The van der Waals surface area contributed by atoms with E-state index < -0.39 is 28.1 Å². The third-order valence-corrected chi connectivity index (χ3v) is 7.31. The van der Waals surface area contributed by atoms with Crippen molar-refractivity contribution in [3.63, 3.8) is 0 Å². The molecule has 1 fully saturated rings. The molecule has 2 N–H and O–H groups in total. The summed E-state index contributed by atoms with van der Waals surface area (Å²) < 4.78 is 38.4. The van der Waals surface area contributed by atoms with Gasteiger partial charge >= 0.3 is 11.8 Å². The maximum Gasteiger partial charge on any atom is 0.309 e. The van der Waals surface area contributed by atoms with Gasteiger partial charge < -0.3 is 20.1 Å². The Morgan fingerprint density at radius 2 is 1.81 bits per heavy atom. The summed E-state index contributed by atoms with van der Waals surface area (Å²) in [5.74, 6) is -0.960. The number of nitrogens with one attached hydrogen (secondary N) is 2. The first-order valence-corrected chi connectivity index (χ1v) is 12.1. The highest BCUT2D eigenvalue weighted by atomic mass is 79.9. The molecule has 1 saturated heterocycles. The highest BCUT2D eigenvalue weighted by Gasteiger charge is 2.36. The lowest BCUT2D eigenvalue weighted by Crippen LogP contribution is -2.47. The van der Waals surface area contributed by atoms with Crippen molar-refractivity contribution in [1.82, 2.24) is 14.9 Å². The lowest BCUT2D eigenvalue weighted by atomic mass is 10.1. The average molecular weight is 526 g/mol. The molecule has 1 heterocycles. The zero-order chi connectivity index (χ0) is 23.1. The fourth-order valence-electron chi connectivity index (χ4n) is 3.24. The first-order chi connectivity index (χ1) is 15.3. The summed E-state index contributed by atoms with van der Waals surface area (Å²) in [6.45, 7) is 0.455. The number of para-hydroxylation sites is 1. The summed E-state index contributed by atoms with van der Waals surface area (Å²) in [5, 5.41) is 4.99. The Kier molecular flexibility index (Phi) is 8.24. The molecular formula is C21H24BrN3O6S. The Labute approximate surface area is 195 Å². The van der Waals surface area contributed by atoms with Crippen LogP contribution >= 0.6 is 15.9 Å². The molecule has 2 amide bonds. The molecule has 0 bridgehead atoms. The molecule has 0 saturated carbocycles. The normalized spacial score (nSPS) is 16.5. The SMILES string of the molecule is COc1ccccc1CCNC(=O)C(=O)NC[C@@H]1OCCN1S(=O)(=O)c1ccc(Br)cc1. The number of rotatable bonds is 8. The number of carbonyl (C=O) groups is 2. The molecule has 1 aliphatic rings. The fourth-order valence-corrected chi connectivity index (χ4v) is 5.02. The number of benzene rings is 2. The number of amides is 2. The number of methoxy groups -OCH3 is 1. The summed E-state index contributed by atoms with van der Waals surface area (Å²) in [4.78, 5) is 24.4. The lowest BCUT2D eigenvalue weighted by molar-refractivity contribution is -0.139. The molecule has 0 aromatic heterocycles. The van der Waals surface area contributed by atoms with Crippen molar-refractivity contribution in [3.8, 4) is 5.75 Å². The van der Waals surface area contributed by atoms with Gasteiger partial charge in [0.25, 0.3) is 0 Å². The quantitative estimate of drug-likeness (QED) is 0.501. The number of sulfonamides is 1. The van der Waals surface area contributed by atoms with E-state index in [-0.39, 0.29) is 31.1 Å². The molecule has 0 spiro atoms. The molecule has 3 rings (SSSR count). The molecule has 11 heteroatoms. The van der Waals surface area contributed by atoms with Crippen molar-refractivity contribution in [1.29, 1.82) is 0 Å². The number of ether oxygens (including phenoxy) is 2. The van der Waals surface area contributed by atoms with Crippen LogP contribution < -0.4 is 15.4 Å². The molecular weight excluding hydrogens is 502 g/mol. The fraction of sp³-hybridized carbons (Fsp3) is 0.333. The smallest absolute Gasteiger partial charge is 0.309 e. The first kappa shape index (κ1) is 24.2. The Bertz CT molecular complexity index is 1060. The number of halogens is 1. The Hall–Kier alpha value is -2.47. The lowest BCUT2D eigenvalue weighted by Gasteiger charge is -2.22. The van der Waals surface area contributed by atoms with Gasteiger partial charge in [-0.1, -0.05) is 34.1 Å². The second kappa shape index (κ2) is 10.9. The predicted octanol–water partition coefficient (Wildman–Crippen LogP) is 1.28. The second-order valence-corrected chi connectivity index (χ2v) is 9.73. The highest BCUT2D eigenvalue weighted by Crippen LogP contribution is 2.23. The molecule has 172 valence electrons. The van der Waals surface area contributed by atoms with Gasteiger partial charge in [-0.15, -0.1) is 0 Å². The van der Waals surface area contributed by atoms with E-state index in [1.807, 2.05) is 24.3 Å². The van der Waals surface area contributed by atoms with Crippen LogP contribution in [0, 0.1) is 0 Å². The summed E-state index contributed by atoms with van der Waals surface area (Å²) in [6, 6.07) is 13.7. The summed E-state index contributed by atoms with van der Waals surface area (Å²) in [7, 11) is -2.23. The van der Waals surface area contributed by atoms with Gasteiger partial charge in [0.05, 0.1) is 25.2 Å². The molecule has 1 aliphatic heterocycles. The number of hydrogen-bond acceptors (Lipinski definition) is 6. The standard InChI is InChI=1S/C21H24BrN3O6S/c1-30-18-5-3-2-4-15(18)10-11-23-20(26)21(27)24-14-19-25(12-13-31-19)32(28,29)17-8-6-16(22)7-9-17/h2-9,19H,10-14H2,1H3,(H,23,26)(H,24,27)/t19-/m0/s1. The van der Waals surface area contributed by atoms with E-state index in [4.69, 9.17) is 9.47 Å². The Balaban J connectivity index is 1.51. The topological polar surface area (TPSA) is 114 Å². The van der Waals surface area contributed by atoms with Gasteiger partial charge in [-0.2, -0.15) is 4.31 Å². The van der Waals surface area contributed by atoms with E-state index in [0.717, 1.165) is 10.0 Å². The maximum atomic E-state index is 12.9. The molecule has 2 aromatic carbocycles. The zero-order valence-corrected chi connectivity index (χ0v) is 19.8. The molecule has 0 radical (unpaired) electrons. The van der Waals surface area contributed by atoms with Crippen LogP contribution in [0.5, 0.6) is 5.75 Å². The molecule has 0 unspecified atom stereocenters. The number of hydrogen-bond donors (Lipinski definition) is 2. The predicted molar refractivity (Wildman–Crippen MR) is 120 cm³/mol. The van der Waals surface area contributed by atoms with E-state index in [2.05, 4.69) is 26.6 Å². The van der Waals surface area contributed by atoms with Crippen molar-refractivity contribution in [3.05, 3.63) is 58.6 Å². The van der Waals surface area contributed by atoms with Crippen molar-refractivity contribution < 1.29 is 27.5 Å². The second-order valence-electron chi connectivity index (χ2n) is 6.92. The molecule has 0 aliphatic carbocycles. The largest absolute Gasteiger partial charge is 0.496 e. The van der Waals surface area contributed by atoms with E-state index >= 15 is 0 Å². The minimum Gasteiger partial charge on any atom is -0.496 e. The monoisotopic (exact) mass is 525 g/mol. The Morgan fingerprint density at radius 3 is 2.53 bits per heavy atom. The van der Waals surface area contributed by atoms with Crippen LogP contribution in [0.25, 0.3) is 0 Å². The van der Waals surface area contributed by atoms with Crippen molar-refractivity contribution in [2.45, 2.75) is 17.5 Å². The van der Waals surface area contributed by atoms with Crippen LogP contribution in [-0.2, 0) is 30.8 Å². The maximum absolute atomic E-state index is 12.9. The van der Waals surface area contributed by atoms with Gasteiger partial charge in [0.15, 0.2) is 0 Å². The molecule has 2 aromatic rings.